The molecule has 1 aromatic carbocycles. The Morgan fingerprint density at radius 2 is 2.00 bits per heavy atom. The van der Waals surface area contributed by atoms with Crippen LogP contribution in [0.2, 0.25) is 0 Å². The fourth-order valence-electron chi connectivity index (χ4n) is 1.04. The van der Waals surface area contributed by atoms with Gasteiger partial charge in [-0.2, -0.15) is 0 Å². The van der Waals surface area contributed by atoms with Gasteiger partial charge in [0.2, 0.25) is 0 Å². The molecule has 0 unspecified atom stereocenters. The third-order valence-corrected chi connectivity index (χ3v) is 1.77. The van der Waals surface area contributed by atoms with Gasteiger partial charge < -0.3 is 4.74 Å². The topological polar surface area (TPSA) is 26.3 Å². The van der Waals surface area contributed by atoms with E-state index in [1.54, 1.807) is 6.08 Å². The van der Waals surface area contributed by atoms with Crippen molar-refractivity contribution in [3.8, 4) is 11.8 Å². The largest absolute Gasteiger partial charge is 0.451 e. The summed E-state index contributed by atoms with van der Waals surface area (Å²) in [6, 6.07) is 9.31. The first-order valence-corrected chi connectivity index (χ1v) is 5.30. The van der Waals surface area contributed by atoms with Crippen LogP contribution in [0.25, 0.3) is 0 Å². The van der Waals surface area contributed by atoms with Gasteiger partial charge in [-0.25, -0.2) is 4.79 Å². The van der Waals surface area contributed by atoms with Gasteiger partial charge in [0.1, 0.15) is 6.61 Å². The molecule has 2 heteroatoms. The second-order valence-electron chi connectivity index (χ2n) is 3.56. The van der Waals surface area contributed by atoms with E-state index in [1.165, 1.54) is 0 Å². The van der Waals surface area contributed by atoms with Crippen LogP contribution in [0.5, 0.6) is 0 Å². The van der Waals surface area contributed by atoms with E-state index in [2.05, 4.69) is 17.6 Å². The molecule has 1 aromatic rings. The normalized spacial score (nSPS) is 8.35. The molecule has 0 aromatic heterocycles. The lowest BCUT2D eigenvalue weighted by Crippen LogP contribution is -2.00. The summed E-state index contributed by atoms with van der Waals surface area (Å²) >= 11 is 0. The predicted octanol–water partition coefficient (Wildman–Crippen LogP) is 2.70. The number of rotatable bonds is 2. The average molecular weight is 226 g/mol. The number of hydrogen-bond donors (Lipinski definition) is 0. The van der Waals surface area contributed by atoms with Crippen LogP contribution in [0.1, 0.15) is 19.4 Å². The molecule has 0 radical (unpaired) electrons. The van der Waals surface area contributed by atoms with Crippen molar-refractivity contribution in [3.05, 3.63) is 53.3 Å². The Hall–Kier alpha value is -2.23. The first-order chi connectivity index (χ1) is 8.18. The van der Waals surface area contributed by atoms with Crippen molar-refractivity contribution in [2.45, 2.75) is 13.8 Å². The molecule has 0 aliphatic carbocycles. The smallest absolute Gasteiger partial charge is 0.385 e. The van der Waals surface area contributed by atoms with Gasteiger partial charge in [-0.3, -0.25) is 0 Å². The zero-order valence-electron chi connectivity index (χ0n) is 9.99. The average Bonchev–Trinajstić information content (AvgIpc) is 2.33. The van der Waals surface area contributed by atoms with Gasteiger partial charge in [-0.05, 0) is 37.6 Å². The van der Waals surface area contributed by atoms with Crippen molar-refractivity contribution in [2.75, 3.05) is 6.61 Å². The van der Waals surface area contributed by atoms with Crippen molar-refractivity contribution in [2.24, 2.45) is 0 Å². The Bertz CT molecular complexity index is 491. The molecular formula is C15H14O2. The lowest BCUT2D eigenvalue weighted by Gasteiger charge is -1.92. The molecule has 0 aliphatic rings. The van der Waals surface area contributed by atoms with E-state index >= 15 is 0 Å². The maximum absolute atomic E-state index is 11.2. The van der Waals surface area contributed by atoms with Crippen molar-refractivity contribution in [1.29, 1.82) is 0 Å². The van der Waals surface area contributed by atoms with Crippen LogP contribution in [-0.2, 0) is 9.53 Å². The quantitative estimate of drug-likeness (QED) is 0.440. The summed E-state index contributed by atoms with van der Waals surface area (Å²) in [5.41, 5.74) is 4.77. The minimum atomic E-state index is -0.527. The zero-order chi connectivity index (χ0) is 12.5. The van der Waals surface area contributed by atoms with Crippen LogP contribution in [0, 0.1) is 11.8 Å². The van der Waals surface area contributed by atoms with Gasteiger partial charge in [0.25, 0.3) is 0 Å². The molecular weight excluding hydrogens is 212 g/mol. The fraction of sp³-hybridized carbons (Fsp3) is 0.200. The summed E-state index contributed by atoms with van der Waals surface area (Å²) in [5.74, 6) is 4.62. The number of hydrogen-bond acceptors (Lipinski definition) is 2. The maximum Gasteiger partial charge on any atom is 0.385 e. The highest BCUT2D eigenvalue weighted by Crippen LogP contribution is 1.94. The second-order valence-corrected chi connectivity index (χ2v) is 3.56. The van der Waals surface area contributed by atoms with Crippen molar-refractivity contribution < 1.29 is 9.53 Å². The predicted molar refractivity (Wildman–Crippen MR) is 67.2 cm³/mol. The molecule has 0 spiro atoms. The molecule has 0 N–H and O–H groups in total. The number of carbonyl (C=O) groups is 1. The van der Waals surface area contributed by atoms with E-state index in [1.807, 2.05) is 44.2 Å². The number of carbonyl (C=O) groups excluding carboxylic acids is 1. The summed E-state index contributed by atoms with van der Waals surface area (Å²) in [6.07, 6.45) is 1.66. The zero-order valence-corrected chi connectivity index (χ0v) is 9.99. The highest BCUT2D eigenvalue weighted by molar-refractivity contribution is 5.89. The molecule has 0 heterocycles. The molecule has 1 rings (SSSR count). The Labute approximate surface area is 102 Å². The number of esters is 1. The number of ether oxygens (including phenoxy) is 1. The van der Waals surface area contributed by atoms with E-state index in [0.717, 1.165) is 11.1 Å². The molecule has 0 bridgehead atoms. The van der Waals surface area contributed by atoms with Crippen LogP contribution in [0.4, 0.5) is 0 Å². The van der Waals surface area contributed by atoms with Gasteiger partial charge in [0, 0.05) is 11.5 Å². The maximum atomic E-state index is 11.2. The standard InChI is InChI=1S/C15H14O2/c1-13(2)7-6-12-17-15(16)11-10-14-8-4-3-5-9-14/h3-6,8-9H,12H2,1-2H3. The summed E-state index contributed by atoms with van der Waals surface area (Å²) in [5, 5.41) is 0. The first-order valence-electron chi connectivity index (χ1n) is 5.30. The Morgan fingerprint density at radius 1 is 1.29 bits per heavy atom. The fourth-order valence-corrected chi connectivity index (χ4v) is 1.04. The van der Waals surface area contributed by atoms with Crippen LogP contribution in [-0.4, -0.2) is 12.6 Å². The molecule has 0 amide bonds. The van der Waals surface area contributed by atoms with Gasteiger partial charge >= 0.3 is 5.97 Å². The summed E-state index contributed by atoms with van der Waals surface area (Å²) in [6.45, 7) is 4.05. The molecule has 2 nitrogen and oxygen atoms in total. The van der Waals surface area contributed by atoms with E-state index in [9.17, 15) is 4.79 Å². The van der Waals surface area contributed by atoms with Gasteiger partial charge in [0.05, 0.1) is 0 Å². The molecule has 17 heavy (non-hydrogen) atoms. The monoisotopic (exact) mass is 226 g/mol. The van der Waals surface area contributed by atoms with Crippen molar-refractivity contribution >= 4 is 5.97 Å². The van der Waals surface area contributed by atoms with Crippen LogP contribution in [0.3, 0.4) is 0 Å². The third kappa shape index (κ3) is 6.04. The van der Waals surface area contributed by atoms with Crippen LogP contribution >= 0.6 is 0 Å². The Kier molecular flexibility index (Phi) is 5.37. The van der Waals surface area contributed by atoms with Crippen LogP contribution < -0.4 is 0 Å². The summed E-state index contributed by atoms with van der Waals surface area (Å²) < 4.78 is 4.87. The summed E-state index contributed by atoms with van der Waals surface area (Å²) in [7, 11) is 0. The van der Waals surface area contributed by atoms with Crippen molar-refractivity contribution in [1.82, 2.24) is 0 Å². The first kappa shape index (κ1) is 12.8. The molecule has 0 fully saturated rings. The van der Waals surface area contributed by atoms with E-state index in [0.29, 0.717) is 0 Å². The van der Waals surface area contributed by atoms with Gasteiger partial charge in [-0.1, -0.05) is 24.1 Å². The Morgan fingerprint density at radius 3 is 2.65 bits per heavy atom. The Balaban J connectivity index is 2.46. The molecule has 0 atom stereocenters. The lowest BCUT2D eigenvalue weighted by molar-refractivity contribution is -0.135. The second kappa shape index (κ2) is 7.11. The summed E-state index contributed by atoms with van der Waals surface area (Å²) in [4.78, 5) is 11.2. The minimum absolute atomic E-state index is 0.202. The highest BCUT2D eigenvalue weighted by atomic mass is 16.5. The number of benzene rings is 1. The van der Waals surface area contributed by atoms with E-state index < -0.39 is 5.97 Å². The van der Waals surface area contributed by atoms with E-state index in [-0.39, 0.29) is 6.61 Å². The molecule has 0 aliphatic heterocycles. The molecule has 0 saturated heterocycles. The highest BCUT2D eigenvalue weighted by Gasteiger charge is 1.93. The minimum Gasteiger partial charge on any atom is -0.451 e. The molecule has 0 saturated carbocycles. The van der Waals surface area contributed by atoms with Crippen LogP contribution in [0.15, 0.2) is 47.7 Å². The molecule has 86 valence electrons. The van der Waals surface area contributed by atoms with Crippen molar-refractivity contribution in [3.63, 3.8) is 0 Å². The van der Waals surface area contributed by atoms with Gasteiger partial charge in [-0.15, -0.1) is 5.73 Å². The third-order valence-electron chi connectivity index (χ3n) is 1.77. The SMILES string of the molecule is CC(C)=C=CCOC(=O)C#Cc1ccccc1. The van der Waals surface area contributed by atoms with E-state index in [4.69, 9.17) is 4.74 Å². The lowest BCUT2D eigenvalue weighted by atomic mass is 10.2. The van der Waals surface area contributed by atoms with Gasteiger partial charge in [0.15, 0.2) is 0 Å².